The van der Waals surface area contributed by atoms with Crippen molar-refractivity contribution in [1.82, 2.24) is 4.90 Å². The number of hydrogen-bond donors (Lipinski definition) is 2. The molecule has 0 aromatic carbocycles. The summed E-state index contributed by atoms with van der Waals surface area (Å²) in [4.78, 5) is 23.0. The molecule has 1 fully saturated rings. The average molecular weight is 281 g/mol. The lowest BCUT2D eigenvalue weighted by molar-refractivity contribution is -0.283. The van der Waals surface area contributed by atoms with Crippen molar-refractivity contribution in [2.75, 3.05) is 13.6 Å². The van der Waals surface area contributed by atoms with Crippen molar-refractivity contribution >= 4 is 11.9 Å². The summed E-state index contributed by atoms with van der Waals surface area (Å²) in [6, 6.07) is 0. The maximum absolute atomic E-state index is 14.0. The van der Waals surface area contributed by atoms with E-state index in [9.17, 15) is 23.5 Å². The van der Waals surface area contributed by atoms with Crippen molar-refractivity contribution in [2.24, 2.45) is 5.92 Å². The van der Waals surface area contributed by atoms with Crippen LogP contribution in [0.25, 0.3) is 0 Å². The number of halogens is 2. The van der Waals surface area contributed by atoms with Crippen LogP contribution in [0.5, 0.6) is 0 Å². The molecule has 19 heavy (non-hydrogen) atoms. The molecule has 110 valence electrons. The van der Waals surface area contributed by atoms with E-state index in [1.54, 1.807) is 0 Å². The van der Waals surface area contributed by atoms with Gasteiger partial charge in [0.25, 0.3) is 0 Å². The van der Waals surface area contributed by atoms with Crippen LogP contribution >= 0.6 is 0 Å². The van der Waals surface area contributed by atoms with E-state index < -0.39 is 36.1 Å². The molecule has 0 radical (unpaired) electrons. The van der Waals surface area contributed by atoms with Gasteiger partial charge in [0.15, 0.2) is 6.17 Å². The van der Waals surface area contributed by atoms with Gasteiger partial charge in [0.2, 0.25) is 5.91 Å². The maximum Gasteiger partial charge on any atom is 0.372 e. The van der Waals surface area contributed by atoms with Crippen LogP contribution in [0, 0.1) is 5.92 Å². The summed E-state index contributed by atoms with van der Waals surface area (Å²) in [6.07, 6.45) is -5.61. The number of hydrogen-bond acceptors (Lipinski definition) is 4. The number of likely N-dealkylation sites (N-methyl/N-ethyl adjacent to an activating group) is 1. The highest BCUT2D eigenvalue weighted by Gasteiger charge is 2.59. The van der Waals surface area contributed by atoms with Crippen molar-refractivity contribution in [3.8, 4) is 0 Å². The van der Waals surface area contributed by atoms with Crippen LogP contribution < -0.4 is 0 Å². The van der Waals surface area contributed by atoms with Crippen LogP contribution in [-0.4, -0.2) is 64.8 Å². The average Bonchev–Trinajstić information content (AvgIpc) is 2.32. The molecule has 1 aliphatic rings. The van der Waals surface area contributed by atoms with Crippen LogP contribution in [0.4, 0.5) is 8.78 Å². The summed E-state index contributed by atoms with van der Waals surface area (Å²) in [5.74, 6) is -6.93. The topological polar surface area (TPSA) is 87.1 Å². The molecule has 1 aliphatic heterocycles. The number of alkyl halides is 2. The molecule has 1 heterocycles. The summed E-state index contributed by atoms with van der Waals surface area (Å²) in [5.41, 5.74) is 0. The molecule has 0 aromatic heterocycles. The Labute approximate surface area is 108 Å². The second-order valence-electron chi connectivity index (χ2n) is 4.76. The van der Waals surface area contributed by atoms with Gasteiger partial charge in [-0.25, -0.2) is 9.18 Å². The number of rotatable bonds is 3. The number of amides is 1. The lowest BCUT2D eigenvalue weighted by Crippen LogP contribution is -2.62. The predicted molar refractivity (Wildman–Crippen MR) is 59.7 cm³/mol. The minimum absolute atomic E-state index is 0.140. The van der Waals surface area contributed by atoms with E-state index >= 15 is 0 Å². The number of carboxylic acid groups (broad SMARTS) is 1. The molecule has 0 bridgehead atoms. The Morgan fingerprint density at radius 2 is 2.00 bits per heavy atom. The van der Waals surface area contributed by atoms with Crippen LogP contribution in [0.2, 0.25) is 0 Å². The quantitative estimate of drug-likeness (QED) is 0.757. The largest absolute Gasteiger partial charge is 0.477 e. The highest BCUT2D eigenvalue weighted by molar-refractivity contribution is 5.76. The van der Waals surface area contributed by atoms with Gasteiger partial charge in [-0.05, 0) is 0 Å². The van der Waals surface area contributed by atoms with Crippen molar-refractivity contribution in [3.05, 3.63) is 0 Å². The fourth-order valence-electron chi connectivity index (χ4n) is 1.87. The SMILES string of the molecule is CC(=O)N(C)CC1OC(F)(C(=O)O)C(F)C(O)C1C. The summed E-state index contributed by atoms with van der Waals surface area (Å²) in [5, 5.41) is 18.3. The number of ether oxygens (including phenoxy) is 1. The summed E-state index contributed by atoms with van der Waals surface area (Å²) in [7, 11) is 1.41. The van der Waals surface area contributed by atoms with Crippen molar-refractivity contribution in [1.29, 1.82) is 0 Å². The molecule has 1 saturated heterocycles. The van der Waals surface area contributed by atoms with Gasteiger partial charge in [0, 0.05) is 26.4 Å². The molecule has 0 aliphatic carbocycles. The van der Waals surface area contributed by atoms with Crippen LogP contribution in [0.3, 0.4) is 0 Å². The van der Waals surface area contributed by atoms with Gasteiger partial charge in [0.05, 0.1) is 12.2 Å². The van der Waals surface area contributed by atoms with E-state index in [4.69, 9.17) is 5.11 Å². The Bertz CT molecular complexity index is 380. The molecule has 2 N–H and O–H groups in total. The first-order valence-electron chi connectivity index (χ1n) is 5.75. The van der Waals surface area contributed by atoms with Gasteiger partial charge in [-0.3, -0.25) is 4.79 Å². The lowest BCUT2D eigenvalue weighted by atomic mass is 9.87. The van der Waals surface area contributed by atoms with Gasteiger partial charge >= 0.3 is 11.8 Å². The second kappa shape index (κ2) is 5.38. The van der Waals surface area contributed by atoms with Gasteiger partial charge in [-0.15, -0.1) is 0 Å². The molecule has 6 nitrogen and oxygen atoms in total. The summed E-state index contributed by atoms with van der Waals surface area (Å²) >= 11 is 0. The van der Waals surface area contributed by atoms with Gasteiger partial charge in [-0.2, -0.15) is 4.39 Å². The number of aliphatic carboxylic acids is 1. The maximum atomic E-state index is 14.0. The van der Waals surface area contributed by atoms with Crippen LogP contribution in [-0.2, 0) is 14.3 Å². The zero-order chi connectivity index (χ0) is 15.0. The lowest BCUT2D eigenvalue weighted by Gasteiger charge is -2.42. The Morgan fingerprint density at radius 1 is 1.47 bits per heavy atom. The number of carbonyl (C=O) groups excluding carboxylic acids is 1. The molecule has 8 heteroatoms. The fourth-order valence-corrected chi connectivity index (χ4v) is 1.87. The smallest absolute Gasteiger partial charge is 0.372 e. The van der Waals surface area contributed by atoms with E-state index in [1.165, 1.54) is 25.8 Å². The van der Waals surface area contributed by atoms with Gasteiger partial charge < -0.3 is 19.8 Å². The van der Waals surface area contributed by atoms with Crippen molar-refractivity contribution in [2.45, 2.75) is 38.1 Å². The third-order valence-corrected chi connectivity index (χ3v) is 3.39. The molecular weight excluding hydrogens is 264 g/mol. The first kappa shape index (κ1) is 15.8. The normalized spacial score (nSPS) is 38.8. The summed E-state index contributed by atoms with van der Waals surface area (Å²) < 4.78 is 32.2. The van der Waals surface area contributed by atoms with Crippen LogP contribution in [0.1, 0.15) is 13.8 Å². The molecule has 5 atom stereocenters. The fraction of sp³-hybridized carbons (Fsp3) is 0.818. The number of carbonyl (C=O) groups is 2. The monoisotopic (exact) mass is 281 g/mol. The van der Waals surface area contributed by atoms with E-state index in [0.717, 1.165) is 0 Å². The Kier molecular flexibility index (Phi) is 4.46. The van der Waals surface area contributed by atoms with E-state index in [1.807, 2.05) is 0 Å². The molecule has 0 saturated carbocycles. The highest BCUT2D eigenvalue weighted by Crippen LogP contribution is 2.37. The van der Waals surface area contributed by atoms with Crippen LogP contribution in [0.15, 0.2) is 0 Å². The van der Waals surface area contributed by atoms with Gasteiger partial charge in [0.1, 0.15) is 0 Å². The summed E-state index contributed by atoms with van der Waals surface area (Å²) in [6.45, 7) is 2.53. The molecule has 0 spiro atoms. The van der Waals surface area contributed by atoms with E-state index in [2.05, 4.69) is 4.74 Å². The first-order chi connectivity index (χ1) is 8.61. The predicted octanol–water partition coefficient (Wildman–Crippen LogP) is -0.0510. The highest BCUT2D eigenvalue weighted by atomic mass is 19.2. The molecule has 1 amide bonds. The van der Waals surface area contributed by atoms with Gasteiger partial charge in [-0.1, -0.05) is 6.92 Å². The minimum Gasteiger partial charge on any atom is -0.477 e. The number of aliphatic hydroxyl groups excluding tert-OH is 1. The van der Waals surface area contributed by atoms with Crippen molar-refractivity contribution in [3.63, 3.8) is 0 Å². The third kappa shape index (κ3) is 2.84. The van der Waals surface area contributed by atoms with E-state index in [0.29, 0.717) is 0 Å². The zero-order valence-electron chi connectivity index (χ0n) is 10.8. The second-order valence-corrected chi connectivity index (χ2v) is 4.76. The standard InChI is InChI=1S/C11H17F2NO5/c1-5-7(4-14(3)6(2)15)19-11(13,10(17)18)9(12)8(5)16/h5,7-9,16H,4H2,1-3H3,(H,17,18). The number of carboxylic acids is 1. The molecule has 0 aromatic rings. The number of aliphatic hydroxyl groups is 1. The molecule has 5 unspecified atom stereocenters. The minimum atomic E-state index is -3.60. The molecule has 1 rings (SSSR count). The van der Waals surface area contributed by atoms with Crippen molar-refractivity contribution < 1.29 is 33.3 Å². The number of nitrogens with zero attached hydrogens (tertiary/aromatic N) is 1. The first-order valence-corrected chi connectivity index (χ1v) is 5.75. The van der Waals surface area contributed by atoms with E-state index in [-0.39, 0.29) is 12.5 Å². The Morgan fingerprint density at radius 3 is 2.42 bits per heavy atom. The Hall–Kier alpha value is -1.28. The molecular formula is C11H17F2NO5. The zero-order valence-corrected chi connectivity index (χ0v) is 10.8. The third-order valence-electron chi connectivity index (χ3n) is 3.39. The Balaban J connectivity index is 2.94.